The van der Waals surface area contributed by atoms with E-state index in [1.165, 1.54) is 12.0 Å². The maximum absolute atomic E-state index is 10.9. The molecule has 0 aliphatic carbocycles. The van der Waals surface area contributed by atoms with E-state index in [2.05, 4.69) is 22.3 Å². The highest BCUT2D eigenvalue weighted by Gasteiger charge is 2.14. The Hall–Kier alpha value is -1.70. The fourth-order valence-corrected chi connectivity index (χ4v) is 3.27. The second-order valence-electron chi connectivity index (χ2n) is 7.07. The first-order chi connectivity index (χ1) is 13.1. The number of anilines is 1. The summed E-state index contributed by atoms with van der Waals surface area (Å²) in [5.41, 5.74) is 8.09. The first-order valence-electron chi connectivity index (χ1n) is 10.1. The fourth-order valence-electron chi connectivity index (χ4n) is 3.27. The molecular weight excluding hydrogens is 344 g/mol. The summed E-state index contributed by atoms with van der Waals surface area (Å²) in [5.74, 6) is 0.117. The van der Waals surface area contributed by atoms with Crippen molar-refractivity contribution in [3.8, 4) is 0 Å². The second kappa shape index (κ2) is 11.9. The van der Waals surface area contributed by atoms with Crippen LogP contribution in [0, 0.1) is 0 Å². The van der Waals surface area contributed by atoms with E-state index >= 15 is 0 Å². The van der Waals surface area contributed by atoms with Crippen molar-refractivity contribution in [3.05, 3.63) is 23.4 Å². The number of ether oxygens (including phenoxy) is 1. The van der Waals surface area contributed by atoms with Gasteiger partial charge in [-0.3, -0.25) is 4.79 Å². The third kappa shape index (κ3) is 7.82. The van der Waals surface area contributed by atoms with Crippen LogP contribution in [0.3, 0.4) is 0 Å². The Balaban J connectivity index is 1.73. The molecule has 7 nitrogen and oxygen atoms in total. The number of aryl methyl sites for hydroxylation is 2. The van der Waals surface area contributed by atoms with Crippen LogP contribution >= 0.6 is 0 Å². The third-order valence-corrected chi connectivity index (χ3v) is 4.94. The van der Waals surface area contributed by atoms with Gasteiger partial charge in [0.1, 0.15) is 11.9 Å². The van der Waals surface area contributed by atoms with Crippen LogP contribution in [0.25, 0.3) is 0 Å². The quantitative estimate of drug-likeness (QED) is 0.451. The van der Waals surface area contributed by atoms with Gasteiger partial charge in [-0.25, -0.2) is 4.98 Å². The molecule has 2 heterocycles. The average Bonchev–Trinajstić information content (AvgIpc) is 2.68. The lowest BCUT2D eigenvalue weighted by molar-refractivity contribution is -0.138. The smallest absolute Gasteiger partial charge is 0.320 e. The summed E-state index contributed by atoms with van der Waals surface area (Å²) < 4.78 is 5.44. The molecule has 0 spiro atoms. The highest BCUT2D eigenvalue weighted by atomic mass is 16.5. The van der Waals surface area contributed by atoms with Crippen molar-refractivity contribution >= 4 is 11.8 Å². The van der Waals surface area contributed by atoms with Crippen molar-refractivity contribution in [1.82, 2.24) is 9.88 Å². The van der Waals surface area contributed by atoms with Gasteiger partial charge in [0.05, 0.1) is 6.61 Å². The number of pyridine rings is 1. The highest BCUT2D eigenvalue weighted by Crippen LogP contribution is 2.20. The summed E-state index contributed by atoms with van der Waals surface area (Å²) >= 11 is 0. The number of hydrogen-bond acceptors (Lipinski definition) is 6. The second-order valence-corrected chi connectivity index (χ2v) is 7.07. The van der Waals surface area contributed by atoms with Gasteiger partial charge in [0, 0.05) is 31.9 Å². The largest absolute Gasteiger partial charge is 0.480 e. The molecule has 1 unspecified atom stereocenters. The van der Waals surface area contributed by atoms with Crippen molar-refractivity contribution in [3.63, 3.8) is 0 Å². The molecule has 7 heteroatoms. The molecule has 0 fully saturated rings. The summed E-state index contributed by atoms with van der Waals surface area (Å²) in [7, 11) is 0. The Bertz CT molecular complexity index is 582. The summed E-state index contributed by atoms with van der Waals surface area (Å²) in [4.78, 5) is 17.9. The van der Waals surface area contributed by atoms with E-state index < -0.39 is 12.0 Å². The molecule has 0 saturated carbocycles. The standard InChI is InChI=1S/C20H34N4O3/c1-2-27-15-14-24(13-10-18(21)20(25)26)12-4-3-7-17-9-8-16-6-5-11-22-19(16)23-17/h8-9,18H,2-7,10-15,21H2,1H3,(H,22,23)(H,25,26). The molecule has 0 amide bonds. The molecule has 0 radical (unpaired) electrons. The molecular formula is C20H34N4O3. The summed E-state index contributed by atoms with van der Waals surface area (Å²) in [5, 5.41) is 12.3. The summed E-state index contributed by atoms with van der Waals surface area (Å²) in [6.45, 7) is 6.75. The fraction of sp³-hybridized carbons (Fsp3) is 0.700. The van der Waals surface area contributed by atoms with Crippen molar-refractivity contribution in [1.29, 1.82) is 0 Å². The van der Waals surface area contributed by atoms with Crippen molar-refractivity contribution < 1.29 is 14.6 Å². The number of aromatic nitrogens is 1. The van der Waals surface area contributed by atoms with E-state index in [9.17, 15) is 4.79 Å². The molecule has 1 aromatic heterocycles. The van der Waals surface area contributed by atoms with Gasteiger partial charge in [0.2, 0.25) is 0 Å². The van der Waals surface area contributed by atoms with E-state index in [0.717, 1.165) is 56.8 Å². The van der Waals surface area contributed by atoms with Crippen LogP contribution in [0.4, 0.5) is 5.82 Å². The molecule has 152 valence electrons. The van der Waals surface area contributed by atoms with Crippen LogP contribution < -0.4 is 11.1 Å². The Morgan fingerprint density at radius 3 is 3.00 bits per heavy atom. The van der Waals surface area contributed by atoms with E-state index in [1.54, 1.807) is 0 Å². The molecule has 1 atom stereocenters. The number of fused-ring (bicyclic) bond motifs is 1. The SMILES string of the molecule is CCOCCN(CCCCc1ccc2c(n1)NCCC2)CCC(N)C(=O)O. The molecule has 0 aromatic carbocycles. The zero-order chi connectivity index (χ0) is 19.5. The molecule has 27 heavy (non-hydrogen) atoms. The van der Waals surface area contributed by atoms with Crippen LogP contribution in [-0.2, 0) is 22.4 Å². The predicted octanol–water partition coefficient (Wildman–Crippen LogP) is 1.90. The Morgan fingerprint density at radius 2 is 2.22 bits per heavy atom. The average molecular weight is 379 g/mol. The lowest BCUT2D eigenvalue weighted by atomic mass is 10.1. The molecule has 1 aliphatic rings. The van der Waals surface area contributed by atoms with Crippen LogP contribution in [0.15, 0.2) is 12.1 Å². The number of hydrogen-bond donors (Lipinski definition) is 3. The molecule has 0 saturated heterocycles. The molecule has 1 aromatic rings. The number of unbranched alkanes of at least 4 members (excludes halogenated alkanes) is 1. The minimum Gasteiger partial charge on any atom is -0.480 e. The van der Waals surface area contributed by atoms with Gasteiger partial charge in [-0.15, -0.1) is 0 Å². The van der Waals surface area contributed by atoms with Crippen molar-refractivity contribution in [2.75, 3.05) is 44.7 Å². The number of nitrogens with zero attached hydrogens (tertiary/aromatic N) is 2. The van der Waals surface area contributed by atoms with Crippen LogP contribution in [0.5, 0.6) is 0 Å². The number of carboxylic acids is 1. The van der Waals surface area contributed by atoms with E-state index in [1.807, 2.05) is 6.92 Å². The Morgan fingerprint density at radius 1 is 1.37 bits per heavy atom. The minimum absolute atomic E-state index is 0.458. The maximum atomic E-state index is 10.9. The van der Waals surface area contributed by atoms with Gasteiger partial charge in [-0.05, 0) is 63.6 Å². The number of aliphatic carboxylic acids is 1. The lowest BCUT2D eigenvalue weighted by Gasteiger charge is -2.23. The van der Waals surface area contributed by atoms with Gasteiger partial charge in [0.15, 0.2) is 0 Å². The monoisotopic (exact) mass is 378 g/mol. The van der Waals surface area contributed by atoms with E-state index in [-0.39, 0.29) is 0 Å². The third-order valence-electron chi connectivity index (χ3n) is 4.94. The first-order valence-corrected chi connectivity index (χ1v) is 10.1. The van der Waals surface area contributed by atoms with Crippen molar-refractivity contribution in [2.45, 2.75) is 51.5 Å². The molecule has 0 bridgehead atoms. The maximum Gasteiger partial charge on any atom is 0.320 e. The summed E-state index contributed by atoms with van der Waals surface area (Å²) in [6, 6.07) is 3.54. The molecule has 2 rings (SSSR count). The Labute approximate surface area is 162 Å². The normalized spacial score (nSPS) is 14.6. The first kappa shape index (κ1) is 21.6. The molecule has 1 aliphatic heterocycles. The van der Waals surface area contributed by atoms with Gasteiger partial charge >= 0.3 is 5.97 Å². The Kier molecular flexibility index (Phi) is 9.52. The number of rotatable bonds is 13. The van der Waals surface area contributed by atoms with Crippen LogP contribution in [0.1, 0.15) is 43.9 Å². The van der Waals surface area contributed by atoms with Gasteiger partial charge < -0.3 is 25.8 Å². The topological polar surface area (TPSA) is 101 Å². The minimum atomic E-state index is -0.938. The number of nitrogens with two attached hydrogens (primary N) is 1. The summed E-state index contributed by atoms with van der Waals surface area (Å²) in [6.07, 6.45) is 5.81. The van der Waals surface area contributed by atoms with Gasteiger partial charge in [-0.1, -0.05) is 6.07 Å². The van der Waals surface area contributed by atoms with E-state index in [0.29, 0.717) is 26.2 Å². The molecule has 4 N–H and O–H groups in total. The number of carboxylic acid groups (broad SMARTS) is 1. The van der Waals surface area contributed by atoms with Crippen molar-refractivity contribution in [2.24, 2.45) is 5.73 Å². The van der Waals surface area contributed by atoms with Gasteiger partial charge in [-0.2, -0.15) is 0 Å². The zero-order valence-corrected chi connectivity index (χ0v) is 16.5. The van der Waals surface area contributed by atoms with Crippen LogP contribution in [0.2, 0.25) is 0 Å². The lowest BCUT2D eigenvalue weighted by Crippen LogP contribution is -2.37. The number of carbonyl (C=O) groups is 1. The van der Waals surface area contributed by atoms with Crippen LogP contribution in [-0.4, -0.2) is 66.4 Å². The highest BCUT2D eigenvalue weighted by molar-refractivity contribution is 5.72. The van der Waals surface area contributed by atoms with E-state index in [4.69, 9.17) is 20.6 Å². The zero-order valence-electron chi connectivity index (χ0n) is 16.5. The number of nitrogens with one attached hydrogen (secondary N) is 1. The van der Waals surface area contributed by atoms with Gasteiger partial charge in [0.25, 0.3) is 0 Å². The predicted molar refractivity (Wildman–Crippen MR) is 107 cm³/mol.